The summed E-state index contributed by atoms with van der Waals surface area (Å²) in [6, 6.07) is 0. The molecule has 0 aliphatic heterocycles. The van der Waals surface area contributed by atoms with E-state index in [2.05, 4.69) is 32.9 Å². The van der Waals surface area contributed by atoms with E-state index in [0.717, 1.165) is 5.92 Å². The van der Waals surface area contributed by atoms with E-state index in [-0.39, 0.29) is 0 Å². The van der Waals surface area contributed by atoms with Crippen molar-refractivity contribution in [2.45, 2.75) is 33.6 Å². The maximum Gasteiger partial charge on any atom is -0.00633 e. The Morgan fingerprint density at radius 1 is 1.33 bits per heavy atom. The number of rotatable bonds is 2. The van der Waals surface area contributed by atoms with Crippen LogP contribution in [0.5, 0.6) is 0 Å². The molecule has 1 rings (SSSR count). The highest BCUT2D eigenvalue weighted by Crippen LogP contribution is 2.44. The van der Waals surface area contributed by atoms with Crippen molar-refractivity contribution in [1.29, 1.82) is 0 Å². The van der Waals surface area contributed by atoms with Crippen molar-refractivity contribution in [3.8, 4) is 0 Å². The van der Waals surface area contributed by atoms with E-state index >= 15 is 0 Å². The molecule has 1 atom stereocenters. The Labute approximate surface area is 58.0 Å². The molecule has 0 aromatic carbocycles. The summed E-state index contributed by atoms with van der Waals surface area (Å²) in [5, 5.41) is 0. The van der Waals surface area contributed by atoms with Crippen LogP contribution >= 0.6 is 0 Å². The molecule has 0 bridgehead atoms. The highest BCUT2D eigenvalue weighted by Gasteiger charge is 2.34. The van der Waals surface area contributed by atoms with E-state index in [1.807, 2.05) is 0 Å². The van der Waals surface area contributed by atoms with Crippen LogP contribution in [0.25, 0.3) is 0 Å². The van der Waals surface area contributed by atoms with Crippen LogP contribution in [0.1, 0.15) is 33.6 Å². The molecule has 0 fully saturated rings. The lowest BCUT2D eigenvalue weighted by Crippen LogP contribution is -2.30. The van der Waals surface area contributed by atoms with Crippen molar-refractivity contribution in [3.63, 3.8) is 0 Å². The van der Waals surface area contributed by atoms with E-state index in [4.69, 9.17) is 0 Å². The van der Waals surface area contributed by atoms with Crippen LogP contribution in [0.2, 0.25) is 0 Å². The lowest BCUT2D eigenvalue weighted by atomic mass is 9.65. The fraction of sp³-hybridized carbons (Fsp3) is 0.778. The fourth-order valence-electron chi connectivity index (χ4n) is 1.69. The van der Waals surface area contributed by atoms with Crippen molar-refractivity contribution in [2.75, 3.05) is 0 Å². The van der Waals surface area contributed by atoms with E-state index in [0.29, 0.717) is 5.41 Å². The second kappa shape index (κ2) is 2.17. The average molecular weight is 124 g/mol. The molecule has 0 N–H and O–H groups in total. The van der Waals surface area contributed by atoms with Gasteiger partial charge in [0.25, 0.3) is 0 Å². The molecule has 0 aromatic rings. The number of hydrogen-bond donors (Lipinski definition) is 0. The van der Waals surface area contributed by atoms with E-state index in [1.54, 1.807) is 0 Å². The van der Waals surface area contributed by atoms with Crippen LogP contribution in [-0.4, -0.2) is 0 Å². The Hall–Kier alpha value is -0.260. The quantitative estimate of drug-likeness (QED) is 0.496. The normalized spacial score (nSPS) is 29.9. The van der Waals surface area contributed by atoms with E-state index in [1.165, 1.54) is 12.8 Å². The van der Waals surface area contributed by atoms with Crippen molar-refractivity contribution in [3.05, 3.63) is 12.2 Å². The Bertz CT molecular complexity index is 118. The summed E-state index contributed by atoms with van der Waals surface area (Å²) >= 11 is 0. The first-order valence-corrected chi connectivity index (χ1v) is 3.94. The molecule has 1 unspecified atom stereocenters. The van der Waals surface area contributed by atoms with E-state index in [9.17, 15) is 0 Å². The van der Waals surface area contributed by atoms with Gasteiger partial charge in [-0.1, -0.05) is 32.9 Å². The van der Waals surface area contributed by atoms with E-state index < -0.39 is 0 Å². The summed E-state index contributed by atoms with van der Waals surface area (Å²) in [7, 11) is 0. The van der Waals surface area contributed by atoms with Crippen LogP contribution in [0.15, 0.2) is 12.2 Å². The molecule has 0 saturated carbocycles. The molecule has 0 nitrogen and oxygen atoms in total. The monoisotopic (exact) mass is 124 g/mol. The molecule has 0 heteroatoms. The van der Waals surface area contributed by atoms with Crippen molar-refractivity contribution in [1.82, 2.24) is 0 Å². The largest absolute Gasteiger partial charge is 0.0843 e. The molecule has 9 heavy (non-hydrogen) atoms. The zero-order valence-corrected chi connectivity index (χ0v) is 6.65. The van der Waals surface area contributed by atoms with Gasteiger partial charge in [-0.3, -0.25) is 0 Å². The van der Waals surface area contributed by atoms with Crippen molar-refractivity contribution >= 4 is 0 Å². The van der Waals surface area contributed by atoms with Gasteiger partial charge in [0.15, 0.2) is 0 Å². The van der Waals surface area contributed by atoms with Gasteiger partial charge in [0.05, 0.1) is 0 Å². The second-order valence-electron chi connectivity index (χ2n) is 3.09. The zero-order valence-electron chi connectivity index (χ0n) is 6.65. The van der Waals surface area contributed by atoms with Gasteiger partial charge in [-0.25, -0.2) is 0 Å². The molecule has 0 aromatic heterocycles. The molecular weight excluding hydrogens is 108 g/mol. The first-order valence-electron chi connectivity index (χ1n) is 3.94. The van der Waals surface area contributed by atoms with Gasteiger partial charge in [0, 0.05) is 0 Å². The van der Waals surface area contributed by atoms with Crippen molar-refractivity contribution < 1.29 is 0 Å². The summed E-state index contributed by atoms with van der Waals surface area (Å²) < 4.78 is 0. The summed E-state index contributed by atoms with van der Waals surface area (Å²) in [4.78, 5) is 0. The minimum Gasteiger partial charge on any atom is -0.0843 e. The van der Waals surface area contributed by atoms with Crippen LogP contribution in [0, 0.1) is 11.3 Å². The maximum absolute atomic E-state index is 2.37. The minimum atomic E-state index is 0.583. The standard InChI is InChI=1S/C9H16/c1-4-9(5-2)7-6-8(9)3/h6-8H,4-5H2,1-3H3. The van der Waals surface area contributed by atoms with Gasteiger partial charge in [-0.2, -0.15) is 0 Å². The summed E-state index contributed by atoms with van der Waals surface area (Å²) in [5.74, 6) is 0.826. The third-order valence-corrected chi connectivity index (χ3v) is 2.94. The first kappa shape index (κ1) is 6.85. The molecule has 0 saturated heterocycles. The molecule has 0 radical (unpaired) electrons. The Kier molecular flexibility index (Phi) is 1.65. The molecule has 0 heterocycles. The highest BCUT2D eigenvalue weighted by atomic mass is 14.4. The second-order valence-corrected chi connectivity index (χ2v) is 3.09. The lowest BCUT2D eigenvalue weighted by molar-refractivity contribution is 0.232. The summed E-state index contributed by atoms with van der Waals surface area (Å²) in [6.07, 6.45) is 7.30. The van der Waals surface area contributed by atoms with Crippen LogP contribution < -0.4 is 0 Å². The number of allylic oxidation sites excluding steroid dienone is 2. The Balaban J connectivity index is 2.61. The Morgan fingerprint density at radius 3 is 1.89 bits per heavy atom. The van der Waals surface area contributed by atoms with Gasteiger partial charge < -0.3 is 0 Å². The third-order valence-electron chi connectivity index (χ3n) is 2.94. The van der Waals surface area contributed by atoms with Gasteiger partial charge >= 0.3 is 0 Å². The predicted octanol–water partition coefficient (Wildman–Crippen LogP) is 3.00. The van der Waals surface area contributed by atoms with Gasteiger partial charge in [-0.05, 0) is 24.2 Å². The summed E-state index contributed by atoms with van der Waals surface area (Å²) in [5.41, 5.74) is 0.583. The third kappa shape index (κ3) is 0.810. The SMILES string of the molecule is CCC1(CC)C=CC1C. The topological polar surface area (TPSA) is 0 Å². The van der Waals surface area contributed by atoms with Gasteiger partial charge in [0.1, 0.15) is 0 Å². The molecular formula is C9H16. The van der Waals surface area contributed by atoms with Gasteiger partial charge in [0.2, 0.25) is 0 Å². The average Bonchev–Trinajstić information content (AvgIpc) is 1.89. The maximum atomic E-state index is 2.37. The smallest absolute Gasteiger partial charge is 0.00633 e. The molecule has 0 amide bonds. The fourth-order valence-corrected chi connectivity index (χ4v) is 1.69. The molecule has 1 aliphatic carbocycles. The molecule has 1 aliphatic rings. The number of hydrogen-bond acceptors (Lipinski definition) is 0. The van der Waals surface area contributed by atoms with Gasteiger partial charge in [-0.15, -0.1) is 0 Å². The minimum absolute atomic E-state index is 0.583. The molecule has 0 spiro atoms. The molecule has 52 valence electrons. The Morgan fingerprint density at radius 2 is 1.89 bits per heavy atom. The van der Waals surface area contributed by atoms with Crippen LogP contribution in [0.3, 0.4) is 0 Å². The summed E-state index contributed by atoms with van der Waals surface area (Å²) in [6.45, 7) is 6.88. The first-order chi connectivity index (χ1) is 4.25. The van der Waals surface area contributed by atoms with Crippen molar-refractivity contribution in [2.24, 2.45) is 11.3 Å². The van der Waals surface area contributed by atoms with Crippen LogP contribution in [0.4, 0.5) is 0 Å². The highest BCUT2D eigenvalue weighted by molar-refractivity contribution is 5.16. The van der Waals surface area contributed by atoms with Crippen LogP contribution in [-0.2, 0) is 0 Å². The predicted molar refractivity (Wildman–Crippen MR) is 41.3 cm³/mol. The lowest BCUT2D eigenvalue weighted by Gasteiger charge is -2.40. The zero-order chi connectivity index (χ0) is 6.91.